The van der Waals surface area contributed by atoms with Crippen molar-refractivity contribution in [3.05, 3.63) is 72.3 Å². The predicted molar refractivity (Wildman–Crippen MR) is 107 cm³/mol. The van der Waals surface area contributed by atoms with Crippen molar-refractivity contribution < 1.29 is 4.79 Å². The van der Waals surface area contributed by atoms with E-state index in [9.17, 15) is 4.79 Å². The van der Waals surface area contributed by atoms with Gasteiger partial charge in [0.2, 0.25) is 5.91 Å². The zero-order chi connectivity index (χ0) is 19.2. The number of rotatable bonds is 7. The number of hydrogen-bond donors (Lipinski definition) is 1. The molecule has 0 saturated heterocycles. The molecule has 1 atom stereocenters. The fourth-order valence-corrected chi connectivity index (χ4v) is 2.89. The Hall–Kier alpha value is -2.99. The van der Waals surface area contributed by atoms with Crippen LogP contribution in [0.15, 0.2) is 61.2 Å². The van der Waals surface area contributed by atoms with E-state index in [0.29, 0.717) is 6.54 Å². The quantitative estimate of drug-likeness (QED) is 0.698. The van der Waals surface area contributed by atoms with Gasteiger partial charge in [0.05, 0.1) is 12.2 Å². The molecule has 0 saturated carbocycles. The van der Waals surface area contributed by atoms with Gasteiger partial charge in [0.15, 0.2) is 0 Å². The van der Waals surface area contributed by atoms with E-state index in [0.717, 1.165) is 23.4 Å². The standard InChI is InChI=1S/C21H25N5O/c1-4-17-5-9-19(10-6-17)24-21(27)13-25(3)16(2)18-7-11-20(12-8-18)26-15-22-14-23-26/h5-12,14-16H,4,13H2,1-3H3,(H,24,27). The molecule has 1 amide bonds. The molecule has 0 radical (unpaired) electrons. The van der Waals surface area contributed by atoms with E-state index in [4.69, 9.17) is 0 Å². The zero-order valence-corrected chi connectivity index (χ0v) is 16.0. The van der Waals surface area contributed by atoms with Crippen molar-refractivity contribution in [1.82, 2.24) is 19.7 Å². The Balaban J connectivity index is 1.57. The lowest BCUT2D eigenvalue weighted by molar-refractivity contribution is -0.117. The van der Waals surface area contributed by atoms with Gasteiger partial charge < -0.3 is 5.32 Å². The highest BCUT2D eigenvalue weighted by molar-refractivity contribution is 5.92. The molecule has 3 aromatic rings. The second-order valence-corrected chi connectivity index (χ2v) is 6.62. The smallest absolute Gasteiger partial charge is 0.238 e. The van der Waals surface area contributed by atoms with E-state index in [-0.39, 0.29) is 11.9 Å². The molecule has 0 fully saturated rings. The molecule has 0 spiro atoms. The first-order valence-electron chi connectivity index (χ1n) is 9.11. The SMILES string of the molecule is CCc1ccc(NC(=O)CN(C)C(C)c2ccc(-n3cncn3)cc2)cc1. The van der Waals surface area contributed by atoms with Crippen LogP contribution in [0.1, 0.15) is 31.0 Å². The van der Waals surface area contributed by atoms with Crippen LogP contribution in [0.25, 0.3) is 5.69 Å². The Bertz CT molecular complexity index is 857. The minimum Gasteiger partial charge on any atom is -0.325 e. The topological polar surface area (TPSA) is 63.1 Å². The highest BCUT2D eigenvalue weighted by Gasteiger charge is 2.15. The lowest BCUT2D eigenvalue weighted by Crippen LogP contribution is -2.32. The van der Waals surface area contributed by atoms with Gasteiger partial charge in [-0.15, -0.1) is 0 Å². The average Bonchev–Trinajstić information content (AvgIpc) is 3.23. The first kappa shape index (κ1) is 18.8. The van der Waals surface area contributed by atoms with E-state index in [1.807, 2.05) is 48.3 Å². The van der Waals surface area contributed by atoms with Crippen molar-refractivity contribution in [3.8, 4) is 5.69 Å². The van der Waals surface area contributed by atoms with Crippen LogP contribution in [0.4, 0.5) is 5.69 Å². The van der Waals surface area contributed by atoms with E-state index in [1.165, 1.54) is 11.9 Å². The fraction of sp³-hybridized carbons (Fsp3) is 0.286. The minimum atomic E-state index is -0.0205. The largest absolute Gasteiger partial charge is 0.325 e. The highest BCUT2D eigenvalue weighted by Crippen LogP contribution is 2.20. The summed E-state index contributed by atoms with van der Waals surface area (Å²) in [6.45, 7) is 4.53. The van der Waals surface area contributed by atoms with Crippen LogP contribution >= 0.6 is 0 Å². The molecule has 0 aliphatic heterocycles. The van der Waals surface area contributed by atoms with Crippen molar-refractivity contribution in [2.45, 2.75) is 26.3 Å². The van der Waals surface area contributed by atoms with E-state index < -0.39 is 0 Å². The van der Waals surface area contributed by atoms with Gasteiger partial charge in [-0.25, -0.2) is 9.67 Å². The maximum atomic E-state index is 12.4. The first-order valence-corrected chi connectivity index (χ1v) is 9.11. The second-order valence-electron chi connectivity index (χ2n) is 6.62. The summed E-state index contributed by atoms with van der Waals surface area (Å²) in [7, 11) is 1.95. The zero-order valence-electron chi connectivity index (χ0n) is 16.0. The Kier molecular flexibility index (Phi) is 5.98. The predicted octanol–water partition coefficient (Wildman–Crippen LogP) is 3.46. The summed E-state index contributed by atoms with van der Waals surface area (Å²) in [5, 5.41) is 7.09. The molecule has 1 heterocycles. The van der Waals surface area contributed by atoms with Gasteiger partial charge >= 0.3 is 0 Å². The number of hydrogen-bond acceptors (Lipinski definition) is 4. The Morgan fingerprint density at radius 1 is 1.15 bits per heavy atom. The van der Waals surface area contributed by atoms with Gasteiger partial charge in [-0.2, -0.15) is 5.10 Å². The van der Waals surface area contributed by atoms with Crippen LogP contribution in [0.3, 0.4) is 0 Å². The van der Waals surface area contributed by atoms with Gasteiger partial charge in [0, 0.05) is 11.7 Å². The number of benzene rings is 2. The van der Waals surface area contributed by atoms with Crippen LogP contribution in [-0.2, 0) is 11.2 Å². The van der Waals surface area contributed by atoms with Crippen LogP contribution in [0.5, 0.6) is 0 Å². The molecule has 0 bridgehead atoms. The highest BCUT2D eigenvalue weighted by atomic mass is 16.2. The first-order chi connectivity index (χ1) is 13.1. The second kappa shape index (κ2) is 8.60. The molecular formula is C21H25N5O. The molecular weight excluding hydrogens is 338 g/mol. The molecule has 6 heteroatoms. The maximum absolute atomic E-state index is 12.4. The number of likely N-dealkylation sites (N-methyl/N-ethyl adjacent to an activating group) is 1. The molecule has 1 N–H and O–H groups in total. The Morgan fingerprint density at radius 2 is 1.85 bits per heavy atom. The number of nitrogens with one attached hydrogen (secondary N) is 1. The number of aryl methyl sites for hydroxylation is 1. The lowest BCUT2D eigenvalue weighted by atomic mass is 10.1. The van der Waals surface area contributed by atoms with Crippen molar-refractivity contribution in [2.24, 2.45) is 0 Å². The molecule has 3 rings (SSSR count). The third kappa shape index (κ3) is 4.80. The summed E-state index contributed by atoms with van der Waals surface area (Å²) in [4.78, 5) is 18.3. The summed E-state index contributed by atoms with van der Waals surface area (Å²) < 4.78 is 1.72. The normalized spacial score (nSPS) is 12.1. The maximum Gasteiger partial charge on any atom is 0.238 e. The van der Waals surface area contributed by atoms with E-state index in [2.05, 4.69) is 41.4 Å². The fourth-order valence-electron chi connectivity index (χ4n) is 2.89. The van der Waals surface area contributed by atoms with Gasteiger partial charge in [-0.05, 0) is 55.8 Å². The van der Waals surface area contributed by atoms with Gasteiger partial charge in [-0.3, -0.25) is 9.69 Å². The lowest BCUT2D eigenvalue weighted by Gasteiger charge is -2.24. The summed E-state index contributed by atoms with van der Waals surface area (Å²) in [5.74, 6) is -0.0205. The summed E-state index contributed by atoms with van der Waals surface area (Å²) >= 11 is 0. The minimum absolute atomic E-state index is 0.0205. The van der Waals surface area contributed by atoms with E-state index >= 15 is 0 Å². The van der Waals surface area contributed by atoms with Gasteiger partial charge in [-0.1, -0.05) is 31.2 Å². The Labute approximate surface area is 159 Å². The molecule has 6 nitrogen and oxygen atoms in total. The monoisotopic (exact) mass is 363 g/mol. The molecule has 0 aliphatic rings. The molecule has 140 valence electrons. The third-order valence-corrected chi connectivity index (χ3v) is 4.76. The van der Waals surface area contributed by atoms with Crippen molar-refractivity contribution in [1.29, 1.82) is 0 Å². The Morgan fingerprint density at radius 3 is 2.44 bits per heavy atom. The van der Waals surface area contributed by atoms with Crippen LogP contribution in [-0.4, -0.2) is 39.2 Å². The molecule has 27 heavy (non-hydrogen) atoms. The molecule has 1 aromatic heterocycles. The molecule has 1 unspecified atom stereocenters. The number of amides is 1. The third-order valence-electron chi connectivity index (χ3n) is 4.76. The van der Waals surface area contributed by atoms with E-state index in [1.54, 1.807) is 11.0 Å². The van der Waals surface area contributed by atoms with Crippen LogP contribution in [0.2, 0.25) is 0 Å². The van der Waals surface area contributed by atoms with Crippen molar-refractivity contribution in [3.63, 3.8) is 0 Å². The van der Waals surface area contributed by atoms with Gasteiger partial charge in [0.1, 0.15) is 12.7 Å². The molecule has 2 aromatic carbocycles. The van der Waals surface area contributed by atoms with Crippen molar-refractivity contribution in [2.75, 3.05) is 18.9 Å². The number of nitrogens with zero attached hydrogens (tertiary/aromatic N) is 4. The molecule has 0 aliphatic carbocycles. The summed E-state index contributed by atoms with van der Waals surface area (Å²) in [6.07, 6.45) is 4.17. The number of carbonyl (C=O) groups is 1. The van der Waals surface area contributed by atoms with Crippen molar-refractivity contribution >= 4 is 11.6 Å². The number of anilines is 1. The van der Waals surface area contributed by atoms with Crippen LogP contribution < -0.4 is 5.32 Å². The number of carbonyl (C=O) groups excluding carboxylic acids is 1. The summed E-state index contributed by atoms with van der Waals surface area (Å²) in [5.41, 5.74) is 4.18. The number of aromatic nitrogens is 3. The summed E-state index contributed by atoms with van der Waals surface area (Å²) in [6, 6.07) is 16.2. The average molecular weight is 363 g/mol. The van der Waals surface area contributed by atoms with Crippen LogP contribution in [0, 0.1) is 0 Å². The van der Waals surface area contributed by atoms with Gasteiger partial charge in [0.25, 0.3) is 0 Å².